The molecular weight excluding hydrogens is 128 g/mol. The van der Waals surface area contributed by atoms with Crippen molar-refractivity contribution in [3.8, 4) is 0 Å². The monoisotopic (exact) mass is 144 g/mol. The van der Waals surface area contributed by atoms with Crippen LogP contribution in [-0.2, 0) is 0 Å². The number of aliphatic hydroxyl groups excluding tert-OH is 1. The predicted octanol–water partition coefficient (Wildman–Crippen LogP) is 0.918. The molecule has 1 saturated carbocycles. The van der Waals surface area contributed by atoms with Gasteiger partial charge in [0.1, 0.15) is 0 Å². The van der Waals surface area contributed by atoms with Crippen LogP contribution < -0.4 is 0 Å². The first-order chi connectivity index (χ1) is 4.52. The molecule has 0 aromatic carbocycles. The van der Waals surface area contributed by atoms with Gasteiger partial charge in [-0.25, -0.2) is 0 Å². The fourth-order valence-electron chi connectivity index (χ4n) is 1.49. The predicted molar refractivity (Wildman–Crippen MR) is 39.6 cm³/mol. The highest BCUT2D eigenvalue weighted by Gasteiger charge is 2.34. The lowest BCUT2D eigenvalue weighted by molar-refractivity contribution is -0.0601. The van der Waals surface area contributed by atoms with Gasteiger partial charge in [0.05, 0.1) is 11.7 Å². The van der Waals surface area contributed by atoms with E-state index in [-0.39, 0.29) is 12.0 Å². The zero-order valence-electron chi connectivity index (χ0n) is 6.67. The summed E-state index contributed by atoms with van der Waals surface area (Å²) in [5.41, 5.74) is -0.542. The van der Waals surface area contributed by atoms with Crippen molar-refractivity contribution >= 4 is 0 Å². The molecule has 1 rings (SSSR count). The van der Waals surface area contributed by atoms with Crippen molar-refractivity contribution in [2.75, 3.05) is 0 Å². The van der Waals surface area contributed by atoms with Gasteiger partial charge >= 0.3 is 0 Å². The summed E-state index contributed by atoms with van der Waals surface area (Å²) in [4.78, 5) is 0. The summed E-state index contributed by atoms with van der Waals surface area (Å²) in [6.07, 6.45) is 2.04. The van der Waals surface area contributed by atoms with E-state index in [1.807, 2.05) is 13.8 Å². The van der Waals surface area contributed by atoms with Gasteiger partial charge in [0.2, 0.25) is 0 Å². The molecule has 1 aliphatic carbocycles. The van der Waals surface area contributed by atoms with Gasteiger partial charge in [-0.2, -0.15) is 0 Å². The summed E-state index contributed by atoms with van der Waals surface area (Å²) in [5.74, 6) is 0.233. The zero-order valence-corrected chi connectivity index (χ0v) is 6.67. The first-order valence-corrected chi connectivity index (χ1v) is 3.93. The van der Waals surface area contributed by atoms with Crippen LogP contribution in [0.2, 0.25) is 0 Å². The Labute approximate surface area is 61.9 Å². The minimum Gasteiger partial charge on any atom is -0.393 e. The lowest BCUT2D eigenvalue weighted by Gasteiger charge is -2.37. The van der Waals surface area contributed by atoms with Gasteiger partial charge in [-0.3, -0.25) is 0 Å². The van der Waals surface area contributed by atoms with Crippen LogP contribution >= 0.6 is 0 Å². The summed E-state index contributed by atoms with van der Waals surface area (Å²) < 4.78 is 0. The highest BCUT2D eigenvalue weighted by molar-refractivity contribution is 4.86. The molecule has 0 amide bonds. The molecule has 60 valence electrons. The zero-order chi connectivity index (χ0) is 7.78. The van der Waals surface area contributed by atoms with Crippen molar-refractivity contribution in [3.63, 3.8) is 0 Å². The number of rotatable bonds is 0. The summed E-state index contributed by atoms with van der Waals surface area (Å²) in [6.45, 7) is 3.84. The van der Waals surface area contributed by atoms with E-state index in [1.54, 1.807) is 0 Å². The van der Waals surface area contributed by atoms with Crippen molar-refractivity contribution in [2.45, 2.75) is 44.8 Å². The molecule has 0 bridgehead atoms. The van der Waals surface area contributed by atoms with E-state index in [4.69, 9.17) is 0 Å². The van der Waals surface area contributed by atoms with Gasteiger partial charge in [-0.1, -0.05) is 6.92 Å². The van der Waals surface area contributed by atoms with Crippen LogP contribution in [0.5, 0.6) is 0 Å². The number of aliphatic hydroxyl groups is 2. The molecule has 2 N–H and O–H groups in total. The van der Waals surface area contributed by atoms with E-state index >= 15 is 0 Å². The van der Waals surface area contributed by atoms with E-state index in [1.165, 1.54) is 0 Å². The second-order valence-corrected chi connectivity index (χ2v) is 3.69. The normalized spacial score (nSPS) is 49.2. The maximum Gasteiger partial charge on any atom is 0.0647 e. The standard InChI is InChI=1S/C8H16O2/c1-6-5-7(9)3-4-8(6,2)10/h6-7,9-10H,3-5H2,1-2H3. The Morgan fingerprint density at radius 3 is 2.50 bits per heavy atom. The molecule has 1 fully saturated rings. The van der Waals surface area contributed by atoms with E-state index in [0.29, 0.717) is 0 Å². The van der Waals surface area contributed by atoms with Crippen LogP contribution in [0.25, 0.3) is 0 Å². The summed E-state index contributed by atoms with van der Waals surface area (Å²) in [5, 5.41) is 18.9. The maximum atomic E-state index is 9.65. The lowest BCUT2D eigenvalue weighted by atomic mass is 9.76. The maximum absolute atomic E-state index is 9.65. The second kappa shape index (κ2) is 2.51. The average molecular weight is 144 g/mol. The fourth-order valence-corrected chi connectivity index (χ4v) is 1.49. The molecule has 0 aliphatic heterocycles. The van der Waals surface area contributed by atoms with Crippen molar-refractivity contribution in [1.29, 1.82) is 0 Å². The van der Waals surface area contributed by atoms with Crippen molar-refractivity contribution in [3.05, 3.63) is 0 Å². The first kappa shape index (κ1) is 8.02. The minimum atomic E-state index is -0.542. The van der Waals surface area contributed by atoms with Crippen LogP contribution in [0.1, 0.15) is 33.1 Å². The Kier molecular flexibility index (Phi) is 2.02. The Morgan fingerprint density at radius 2 is 2.10 bits per heavy atom. The third-order valence-electron chi connectivity index (χ3n) is 2.67. The molecular formula is C8H16O2. The largest absolute Gasteiger partial charge is 0.393 e. The summed E-state index contributed by atoms with van der Waals surface area (Å²) >= 11 is 0. The van der Waals surface area contributed by atoms with Crippen LogP contribution in [0, 0.1) is 5.92 Å². The highest BCUT2D eigenvalue weighted by atomic mass is 16.3. The van der Waals surface area contributed by atoms with Crippen LogP contribution in [-0.4, -0.2) is 21.9 Å². The third kappa shape index (κ3) is 1.50. The van der Waals surface area contributed by atoms with E-state index in [0.717, 1.165) is 19.3 Å². The Hall–Kier alpha value is -0.0800. The van der Waals surface area contributed by atoms with Crippen molar-refractivity contribution in [2.24, 2.45) is 5.92 Å². The van der Waals surface area contributed by atoms with Crippen LogP contribution in [0.4, 0.5) is 0 Å². The lowest BCUT2D eigenvalue weighted by Crippen LogP contribution is -2.40. The molecule has 1 aliphatic rings. The van der Waals surface area contributed by atoms with Crippen LogP contribution in [0.3, 0.4) is 0 Å². The highest BCUT2D eigenvalue weighted by Crippen LogP contribution is 2.32. The van der Waals surface area contributed by atoms with Gasteiger partial charge in [0, 0.05) is 0 Å². The Bertz CT molecular complexity index is 120. The van der Waals surface area contributed by atoms with Gasteiger partial charge in [0.25, 0.3) is 0 Å². The molecule has 0 aromatic rings. The molecule has 2 heteroatoms. The molecule has 2 nitrogen and oxygen atoms in total. The molecule has 0 spiro atoms. The molecule has 0 saturated heterocycles. The van der Waals surface area contributed by atoms with Gasteiger partial charge in [-0.15, -0.1) is 0 Å². The molecule has 10 heavy (non-hydrogen) atoms. The minimum absolute atomic E-state index is 0.185. The van der Waals surface area contributed by atoms with Crippen molar-refractivity contribution < 1.29 is 10.2 Å². The van der Waals surface area contributed by atoms with E-state index in [9.17, 15) is 10.2 Å². The van der Waals surface area contributed by atoms with Crippen LogP contribution in [0.15, 0.2) is 0 Å². The van der Waals surface area contributed by atoms with Crippen molar-refractivity contribution in [1.82, 2.24) is 0 Å². The first-order valence-electron chi connectivity index (χ1n) is 3.93. The number of hydrogen-bond acceptors (Lipinski definition) is 2. The molecule has 0 aromatic heterocycles. The second-order valence-electron chi connectivity index (χ2n) is 3.69. The molecule has 3 unspecified atom stereocenters. The smallest absolute Gasteiger partial charge is 0.0647 e. The number of hydrogen-bond donors (Lipinski definition) is 2. The topological polar surface area (TPSA) is 40.5 Å². The molecule has 0 radical (unpaired) electrons. The quantitative estimate of drug-likeness (QED) is 0.530. The van der Waals surface area contributed by atoms with E-state index < -0.39 is 5.60 Å². The summed E-state index contributed by atoms with van der Waals surface area (Å²) in [7, 11) is 0. The van der Waals surface area contributed by atoms with Gasteiger partial charge in [-0.05, 0) is 32.1 Å². The molecule has 3 atom stereocenters. The fraction of sp³-hybridized carbons (Fsp3) is 1.00. The molecule has 0 heterocycles. The third-order valence-corrected chi connectivity index (χ3v) is 2.67. The Morgan fingerprint density at radius 1 is 1.50 bits per heavy atom. The summed E-state index contributed by atoms with van der Waals surface area (Å²) in [6, 6.07) is 0. The Balaban J connectivity index is 2.52. The van der Waals surface area contributed by atoms with Gasteiger partial charge in [0.15, 0.2) is 0 Å². The van der Waals surface area contributed by atoms with E-state index in [2.05, 4.69) is 0 Å². The average Bonchev–Trinajstić information content (AvgIpc) is 1.81. The SMILES string of the molecule is CC1CC(O)CCC1(C)O. The van der Waals surface area contributed by atoms with Gasteiger partial charge < -0.3 is 10.2 Å².